The van der Waals surface area contributed by atoms with Crippen molar-refractivity contribution in [3.8, 4) is 17.2 Å². The summed E-state index contributed by atoms with van der Waals surface area (Å²) in [6.45, 7) is 7.51. The van der Waals surface area contributed by atoms with Gasteiger partial charge in [0.05, 0.1) is 24.8 Å². The Morgan fingerprint density at radius 1 is 0.900 bits per heavy atom. The summed E-state index contributed by atoms with van der Waals surface area (Å²) in [5.74, 6) is -0.308. The zero-order chi connectivity index (χ0) is 49.1. The molecule has 2 aliphatic heterocycles. The van der Waals surface area contributed by atoms with E-state index in [4.69, 9.17) is 28.9 Å². The van der Waals surface area contributed by atoms with Crippen LogP contribution in [0.5, 0.6) is 17.2 Å². The van der Waals surface area contributed by atoms with Crippen LogP contribution in [0.1, 0.15) is 152 Å². The Labute approximate surface area is 421 Å². The van der Waals surface area contributed by atoms with E-state index >= 15 is 4.79 Å². The van der Waals surface area contributed by atoms with Gasteiger partial charge in [-0.15, -0.1) is 18.3 Å². The third kappa shape index (κ3) is 13.8. The molecule has 10 nitrogen and oxygen atoms in total. The van der Waals surface area contributed by atoms with Crippen LogP contribution in [0.15, 0.2) is 101 Å². The van der Waals surface area contributed by atoms with Crippen LogP contribution in [0.3, 0.4) is 0 Å². The van der Waals surface area contributed by atoms with Gasteiger partial charge in [0, 0.05) is 55.4 Å². The van der Waals surface area contributed by atoms with Crippen LogP contribution in [0.25, 0.3) is 0 Å². The number of rotatable bonds is 29. The zero-order valence-electron chi connectivity index (χ0n) is 41.9. The maximum atomic E-state index is 15.3. The average Bonchev–Trinajstić information content (AvgIpc) is 3.38. The van der Waals surface area contributed by atoms with Gasteiger partial charge >= 0.3 is 0 Å². The van der Waals surface area contributed by atoms with E-state index in [9.17, 15) is 14.6 Å². The van der Waals surface area contributed by atoms with Crippen molar-refractivity contribution in [2.75, 3.05) is 32.7 Å². The Bertz CT molecular complexity index is 2150. The molecule has 2 aliphatic carbocycles. The summed E-state index contributed by atoms with van der Waals surface area (Å²) in [4.78, 5) is 24.7. The Kier molecular flexibility index (Phi) is 21.1. The van der Waals surface area contributed by atoms with Crippen molar-refractivity contribution in [2.24, 2.45) is 22.9 Å². The van der Waals surface area contributed by atoms with Crippen molar-refractivity contribution in [3.63, 3.8) is 0 Å². The quantitative estimate of drug-likeness (QED) is 0.0303. The first-order valence-electron chi connectivity index (χ1n) is 26.5. The number of halogens is 1. The van der Waals surface area contributed by atoms with Gasteiger partial charge in [-0.05, 0) is 129 Å². The van der Waals surface area contributed by atoms with Crippen LogP contribution in [0.2, 0.25) is 0 Å². The van der Waals surface area contributed by atoms with Crippen LogP contribution in [0, 0.1) is 23.6 Å². The molecule has 2 N–H and O–H groups in total. The highest BCUT2D eigenvalue weighted by Gasteiger charge is 2.65. The Morgan fingerprint density at radius 3 is 2.30 bits per heavy atom. The smallest absolute Gasteiger partial charge is 0.239 e. The van der Waals surface area contributed by atoms with Gasteiger partial charge in [0.2, 0.25) is 18.0 Å². The lowest BCUT2D eigenvalue weighted by molar-refractivity contribution is -0.258. The number of benzene rings is 3. The fourth-order valence-corrected chi connectivity index (χ4v) is 11.7. The number of ether oxygens (including phenoxy) is 4. The van der Waals surface area contributed by atoms with Crippen LogP contribution in [-0.4, -0.2) is 77.5 Å². The van der Waals surface area contributed by atoms with Crippen molar-refractivity contribution < 1.29 is 43.2 Å². The van der Waals surface area contributed by atoms with Crippen molar-refractivity contribution in [2.45, 2.75) is 171 Å². The van der Waals surface area contributed by atoms with Crippen molar-refractivity contribution in [3.05, 3.63) is 108 Å². The Morgan fingerprint density at radius 2 is 1.61 bits per heavy atom. The standard InChI is InChI=1S/C58H79FN2O8S/c1-4-6-7-8-9-10-11-12-13-22-54(64)61(41-42-24-26-44(59)27-25-42)53-40-51(60-69-55-23-16-19-37-65-55)49-38-43(20-14-17-34-62)48(21-15-18-35-63)56-50-39-46(67-45-28-31-47(70-3)32-29-45)30-33-52(50)68-58(53,57(49)56)66-36-5-2/h5,24-33,38-39,43,48,53,55-57,62-63H,2,4,6-23,34-37,40-41H2,1,3H3/t43-,48+,53-,55?,56+,57+,58+/m0/s1. The van der Waals surface area contributed by atoms with Crippen LogP contribution < -0.4 is 9.47 Å². The van der Waals surface area contributed by atoms with E-state index in [1.54, 1.807) is 30.0 Å². The van der Waals surface area contributed by atoms with Gasteiger partial charge in [-0.2, -0.15) is 0 Å². The van der Waals surface area contributed by atoms with Gasteiger partial charge in [0.1, 0.15) is 29.1 Å². The number of carbonyl (C=O) groups is 1. The summed E-state index contributed by atoms with van der Waals surface area (Å²) in [5.41, 5.74) is 3.46. The minimum Gasteiger partial charge on any atom is -0.459 e. The number of allylic oxidation sites excluding steroid dienone is 1. The molecule has 3 aromatic rings. The molecular formula is C58H79FN2O8S. The van der Waals surface area contributed by atoms with E-state index in [1.807, 2.05) is 29.2 Å². The number of thioether (sulfide) groups is 1. The molecule has 1 saturated carbocycles. The largest absolute Gasteiger partial charge is 0.459 e. The van der Waals surface area contributed by atoms with Crippen LogP contribution in [-0.2, 0) is 25.7 Å². The zero-order valence-corrected chi connectivity index (χ0v) is 42.7. The van der Waals surface area contributed by atoms with Gasteiger partial charge < -0.3 is 38.9 Å². The van der Waals surface area contributed by atoms with Crippen molar-refractivity contribution in [1.29, 1.82) is 0 Å². The third-order valence-corrected chi connectivity index (χ3v) is 15.6. The van der Waals surface area contributed by atoms with E-state index in [0.717, 1.165) is 104 Å². The number of hydrogen-bond donors (Lipinski definition) is 2. The number of unbranched alkanes of at least 4 members (excludes halogenated alkanes) is 10. The second-order valence-electron chi connectivity index (χ2n) is 19.7. The summed E-state index contributed by atoms with van der Waals surface area (Å²) >= 11 is 1.68. The van der Waals surface area contributed by atoms with Crippen LogP contribution in [0.4, 0.5) is 4.39 Å². The summed E-state index contributed by atoms with van der Waals surface area (Å²) in [7, 11) is 0. The van der Waals surface area contributed by atoms with Gasteiger partial charge in [-0.25, -0.2) is 4.39 Å². The topological polar surface area (TPSA) is 119 Å². The lowest BCUT2D eigenvalue weighted by atomic mass is 9.55. The first-order valence-corrected chi connectivity index (χ1v) is 27.8. The van der Waals surface area contributed by atoms with Crippen LogP contribution >= 0.6 is 11.8 Å². The molecule has 1 saturated heterocycles. The van der Waals surface area contributed by atoms with E-state index < -0.39 is 24.0 Å². The molecule has 3 aromatic carbocycles. The van der Waals surface area contributed by atoms with Gasteiger partial charge in [-0.1, -0.05) is 101 Å². The number of aliphatic hydroxyl groups is 2. The highest BCUT2D eigenvalue weighted by Crippen LogP contribution is 2.62. The summed E-state index contributed by atoms with van der Waals surface area (Å²) < 4.78 is 42.0. The minimum atomic E-state index is -1.42. The van der Waals surface area contributed by atoms with E-state index in [2.05, 4.69) is 44.0 Å². The molecule has 0 bridgehead atoms. The van der Waals surface area contributed by atoms with Crippen molar-refractivity contribution >= 4 is 23.4 Å². The normalized spacial score (nSPS) is 24.2. The monoisotopic (exact) mass is 983 g/mol. The number of oxime groups is 1. The SMILES string of the molecule is C=CCO[C@@]12Oc3ccc(Oc4ccc(SC)cc4)cc3[C@H]3[C@H](CCCCO)[C@@H](CCCCO)C=C(C(=NOC4CCCCO4)C[C@@H]1N(Cc1ccc(F)cc1)C(=O)CCCCCCCCCCC)[C@H]32. The van der Waals surface area contributed by atoms with E-state index in [-0.39, 0.29) is 62.3 Å². The molecule has 4 aliphatic rings. The molecule has 1 unspecified atom stereocenters. The van der Waals surface area contributed by atoms with E-state index in [1.165, 1.54) is 44.2 Å². The summed E-state index contributed by atoms with van der Waals surface area (Å²) in [6.07, 6.45) is 23.7. The Hall–Kier alpha value is -4.20. The molecule has 0 radical (unpaired) electrons. The maximum absolute atomic E-state index is 15.3. The predicted molar refractivity (Wildman–Crippen MR) is 277 cm³/mol. The average molecular weight is 983 g/mol. The lowest BCUT2D eigenvalue weighted by Crippen LogP contribution is -2.70. The molecule has 382 valence electrons. The second-order valence-corrected chi connectivity index (χ2v) is 20.6. The molecule has 7 rings (SSSR count). The number of hydrogen-bond acceptors (Lipinski definition) is 10. The molecule has 12 heteroatoms. The minimum absolute atomic E-state index is 0.0264. The molecule has 0 spiro atoms. The Balaban J connectivity index is 1.37. The number of amides is 1. The number of nitrogens with zero attached hydrogens (tertiary/aromatic N) is 2. The van der Waals surface area contributed by atoms with E-state index in [0.29, 0.717) is 37.4 Å². The summed E-state index contributed by atoms with van der Waals surface area (Å²) in [6, 6.07) is 19.8. The second kappa shape index (κ2) is 27.6. The third-order valence-electron chi connectivity index (χ3n) is 14.8. The molecule has 2 fully saturated rings. The highest BCUT2D eigenvalue weighted by molar-refractivity contribution is 7.98. The molecule has 1 amide bonds. The first-order chi connectivity index (χ1) is 34.3. The molecule has 2 heterocycles. The van der Waals surface area contributed by atoms with Gasteiger partial charge in [0.25, 0.3) is 0 Å². The summed E-state index contributed by atoms with van der Waals surface area (Å²) in [5, 5.41) is 25.2. The number of carbonyl (C=O) groups excluding carboxylic acids is 1. The van der Waals surface area contributed by atoms with Gasteiger partial charge in [0.15, 0.2) is 0 Å². The molecule has 0 aromatic heterocycles. The lowest BCUT2D eigenvalue weighted by Gasteiger charge is -2.60. The van der Waals surface area contributed by atoms with Gasteiger partial charge in [-0.3, -0.25) is 4.79 Å². The maximum Gasteiger partial charge on any atom is 0.239 e. The number of fused-ring (bicyclic) bond motifs is 2. The highest BCUT2D eigenvalue weighted by atomic mass is 32.2. The predicted octanol–water partition coefficient (Wildman–Crippen LogP) is 13.4. The first kappa shape index (κ1) is 53.6. The molecular weight excluding hydrogens is 904 g/mol. The number of aliphatic hydroxyl groups excluding tert-OH is 2. The molecule has 70 heavy (non-hydrogen) atoms. The van der Waals surface area contributed by atoms with Crippen molar-refractivity contribution in [1.82, 2.24) is 4.90 Å². The fraction of sp³-hybridized carbons (Fsp3) is 0.586. The molecule has 7 atom stereocenters. The fourth-order valence-electron chi connectivity index (χ4n) is 11.3.